The van der Waals surface area contributed by atoms with Gasteiger partial charge in [0.25, 0.3) is 0 Å². The molecule has 0 aromatic heterocycles. The number of hydrogen-bond acceptors (Lipinski definition) is 2. The first-order chi connectivity index (χ1) is 9.16. The lowest BCUT2D eigenvalue weighted by Gasteiger charge is -2.14. The number of hydrogen-bond donors (Lipinski definition) is 2. The quantitative estimate of drug-likeness (QED) is 0.894. The number of fused-ring (bicyclic) bond motifs is 5. The molecule has 2 N–H and O–H groups in total. The minimum Gasteiger partial charge on any atom is -0.478 e. The minimum atomic E-state index is -0.872. The van der Waals surface area contributed by atoms with Crippen molar-refractivity contribution in [2.75, 3.05) is 5.32 Å². The number of halogens is 1. The first-order valence-electron chi connectivity index (χ1n) is 6.95. The molecule has 0 spiro atoms. The van der Waals surface area contributed by atoms with Crippen molar-refractivity contribution in [1.29, 1.82) is 0 Å². The second kappa shape index (κ2) is 3.98. The molecule has 0 aliphatic heterocycles. The van der Waals surface area contributed by atoms with Crippen LogP contribution in [0, 0.1) is 23.7 Å². The summed E-state index contributed by atoms with van der Waals surface area (Å²) in [6.45, 7) is 0. The fourth-order valence-corrected chi connectivity index (χ4v) is 5.10. The molecule has 0 heterocycles. The van der Waals surface area contributed by atoms with Gasteiger partial charge in [0.2, 0.25) is 0 Å². The number of carboxylic acids is 1. The molecule has 2 bridgehead atoms. The van der Waals surface area contributed by atoms with Crippen LogP contribution >= 0.6 is 15.9 Å². The van der Waals surface area contributed by atoms with Crippen LogP contribution in [0.2, 0.25) is 0 Å². The van der Waals surface area contributed by atoms with Crippen LogP contribution < -0.4 is 5.32 Å². The average molecular weight is 322 g/mol. The molecule has 4 heteroatoms. The monoisotopic (exact) mass is 321 g/mol. The van der Waals surface area contributed by atoms with Gasteiger partial charge >= 0.3 is 5.97 Å². The van der Waals surface area contributed by atoms with Crippen LogP contribution in [0.5, 0.6) is 0 Å². The molecular formula is C15H16BrNO2. The predicted molar refractivity (Wildman–Crippen MR) is 76.3 cm³/mol. The molecule has 3 saturated carbocycles. The summed E-state index contributed by atoms with van der Waals surface area (Å²) in [6.07, 6.45) is 4.18. The normalized spacial score (nSPS) is 38.1. The Kier molecular flexibility index (Phi) is 2.47. The molecule has 4 atom stereocenters. The molecule has 100 valence electrons. The zero-order chi connectivity index (χ0) is 13.1. The summed E-state index contributed by atoms with van der Waals surface area (Å²) in [4.78, 5) is 11.4. The Morgan fingerprint density at radius 3 is 2.58 bits per heavy atom. The van der Waals surface area contributed by atoms with Crippen LogP contribution in [0.25, 0.3) is 0 Å². The number of aromatic carboxylic acids is 1. The molecule has 4 unspecified atom stereocenters. The van der Waals surface area contributed by atoms with Gasteiger partial charge in [-0.3, -0.25) is 0 Å². The number of carboxylic acid groups (broad SMARTS) is 1. The maximum Gasteiger partial charge on any atom is 0.338 e. The highest BCUT2D eigenvalue weighted by molar-refractivity contribution is 9.10. The third-order valence-electron chi connectivity index (χ3n) is 5.28. The molecule has 3 nitrogen and oxygen atoms in total. The van der Waals surface area contributed by atoms with E-state index < -0.39 is 5.97 Å². The summed E-state index contributed by atoms with van der Waals surface area (Å²) >= 11 is 3.33. The highest BCUT2D eigenvalue weighted by atomic mass is 79.9. The van der Waals surface area contributed by atoms with Gasteiger partial charge in [0.1, 0.15) is 0 Å². The molecule has 19 heavy (non-hydrogen) atoms. The molecule has 0 radical (unpaired) electrons. The Morgan fingerprint density at radius 1 is 1.26 bits per heavy atom. The van der Waals surface area contributed by atoms with Crippen LogP contribution in [-0.2, 0) is 0 Å². The van der Waals surface area contributed by atoms with Gasteiger partial charge in [-0.15, -0.1) is 0 Å². The van der Waals surface area contributed by atoms with Crippen molar-refractivity contribution in [1.82, 2.24) is 0 Å². The maximum absolute atomic E-state index is 11.4. The van der Waals surface area contributed by atoms with E-state index in [4.69, 9.17) is 0 Å². The fraction of sp³-hybridized carbons (Fsp3) is 0.533. The van der Waals surface area contributed by atoms with E-state index in [0.29, 0.717) is 16.1 Å². The largest absolute Gasteiger partial charge is 0.478 e. The number of rotatable bonds is 3. The van der Waals surface area contributed by atoms with E-state index in [9.17, 15) is 9.90 Å². The zero-order valence-electron chi connectivity index (χ0n) is 10.5. The van der Waals surface area contributed by atoms with Gasteiger partial charge in [-0.1, -0.05) is 6.07 Å². The average Bonchev–Trinajstić information content (AvgIpc) is 2.78. The lowest BCUT2D eigenvalue weighted by molar-refractivity contribution is 0.0697. The smallest absolute Gasteiger partial charge is 0.338 e. The van der Waals surface area contributed by atoms with E-state index in [1.54, 1.807) is 6.07 Å². The van der Waals surface area contributed by atoms with Gasteiger partial charge in [-0.25, -0.2) is 4.79 Å². The first kappa shape index (κ1) is 11.8. The van der Waals surface area contributed by atoms with E-state index >= 15 is 0 Å². The van der Waals surface area contributed by atoms with Crippen molar-refractivity contribution in [3.05, 3.63) is 28.2 Å². The Hall–Kier alpha value is -1.03. The van der Waals surface area contributed by atoms with Crippen LogP contribution in [0.1, 0.15) is 29.6 Å². The van der Waals surface area contributed by atoms with Gasteiger partial charge in [0.05, 0.1) is 11.3 Å². The molecule has 3 aliphatic rings. The van der Waals surface area contributed by atoms with E-state index in [-0.39, 0.29) is 0 Å². The van der Waals surface area contributed by atoms with Crippen molar-refractivity contribution >= 4 is 27.6 Å². The summed E-state index contributed by atoms with van der Waals surface area (Å²) in [5.74, 6) is 2.53. The zero-order valence-corrected chi connectivity index (χ0v) is 12.1. The van der Waals surface area contributed by atoms with E-state index in [1.807, 2.05) is 12.1 Å². The summed E-state index contributed by atoms with van der Waals surface area (Å²) < 4.78 is 0.652. The third kappa shape index (κ3) is 1.65. The van der Waals surface area contributed by atoms with Gasteiger partial charge in [-0.2, -0.15) is 0 Å². The molecular weight excluding hydrogens is 306 g/mol. The number of benzene rings is 1. The minimum absolute atomic E-state index is 0.361. The van der Waals surface area contributed by atoms with E-state index in [1.165, 1.54) is 19.3 Å². The van der Waals surface area contributed by atoms with Crippen molar-refractivity contribution in [3.63, 3.8) is 0 Å². The highest BCUT2D eigenvalue weighted by Gasteiger charge is 2.65. The number of nitrogens with one attached hydrogen (secondary N) is 1. The van der Waals surface area contributed by atoms with Gasteiger partial charge in [0.15, 0.2) is 0 Å². The number of carbonyl (C=O) groups is 1. The Bertz CT molecular complexity index is 543. The van der Waals surface area contributed by atoms with Crippen LogP contribution in [-0.4, -0.2) is 17.1 Å². The summed E-state index contributed by atoms with van der Waals surface area (Å²) in [5.41, 5.74) is 1.13. The third-order valence-corrected chi connectivity index (χ3v) is 5.95. The Balaban J connectivity index is 1.59. The molecule has 3 fully saturated rings. The van der Waals surface area contributed by atoms with Gasteiger partial charge in [-0.05, 0) is 71.0 Å². The second-order valence-corrected chi connectivity index (χ2v) is 6.98. The van der Waals surface area contributed by atoms with E-state index in [2.05, 4.69) is 21.2 Å². The van der Waals surface area contributed by atoms with E-state index in [0.717, 1.165) is 29.4 Å². The molecule has 3 aliphatic carbocycles. The Labute approximate surface area is 120 Å². The van der Waals surface area contributed by atoms with Crippen molar-refractivity contribution in [2.45, 2.75) is 25.3 Å². The maximum atomic E-state index is 11.4. The molecule has 0 amide bonds. The van der Waals surface area contributed by atoms with Crippen molar-refractivity contribution < 1.29 is 9.90 Å². The topological polar surface area (TPSA) is 49.3 Å². The highest BCUT2D eigenvalue weighted by Crippen LogP contribution is 2.66. The van der Waals surface area contributed by atoms with Crippen molar-refractivity contribution in [3.8, 4) is 0 Å². The fourth-order valence-electron chi connectivity index (χ4n) is 4.56. The summed E-state index contributed by atoms with van der Waals surface area (Å²) in [7, 11) is 0. The number of anilines is 1. The molecule has 4 rings (SSSR count). The molecule has 0 saturated heterocycles. The second-order valence-electron chi connectivity index (χ2n) is 6.13. The predicted octanol–water partition coefficient (Wildman–Crippen LogP) is 3.60. The first-order valence-corrected chi connectivity index (χ1v) is 7.74. The van der Waals surface area contributed by atoms with Gasteiger partial charge in [0, 0.05) is 10.5 Å². The summed E-state index contributed by atoms with van der Waals surface area (Å²) in [6, 6.07) is 6.07. The van der Waals surface area contributed by atoms with Crippen LogP contribution in [0.15, 0.2) is 22.7 Å². The van der Waals surface area contributed by atoms with Crippen LogP contribution in [0.4, 0.5) is 5.69 Å². The standard InChI is InChI=1S/C15H16BrNO2/c16-9-2-1-3-10(13(9)15(18)19)17-14-11-7-4-5-8(6-7)12(11)14/h1-3,7-8,11-12,14,17H,4-6H2,(H,18,19). The summed E-state index contributed by atoms with van der Waals surface area (Å²) in [5, 5.41) is 12.8. The molecule has 1 aromatic carbocycles. The lowest BCUT2D eigenvalue weighted by atomic mass is 10.0. The Morgan fingerprint density at radius 2 is 1.95 bits per heavy atom. The van der Waals surface area contributed by atoms with Crippen molar-refractivity contribution in [2.24, 2.45) is 23.7 Å². The van der Waals surface area contributed by atoms with Gasteiger partial charge < -0.3 is 10.4 Å². The van der Waals surface area contributed by atoms with Crippen LogP contribution in [0.3, 0.4) is 0 Å². The lowest BCUT2D eigenvalue weighted by Crippen LogP contribution is -2.15. The molecule has 1 aromatic rings. The SMILES string of the molecule is O=C(O)c1c(Br)cccc1NC1C2C3CCC(C3)C12.